The number of nitrogens with one attached hydrogen (secondary N) is 3. The summed E-state index contributed by atoms with van der Waals surface area (Å²) in [6, 6.07) is 7.02. The van der Waals surface area contributed by atoms with Crippen molar-refractivity contribution in [1.29, 1.82) is 0 Å². The fourth-order valence-corrected chi connectivity index (χ4v) is 4.03. The smallest absolute Gasteiger partial charge is 0.238 e. The fourth-order valence-electron chi connectivity index (χ4n) is 4.03. The third-order valence-electron chi connectivity index (χ3n) is 5.49. The van der Waals surface area contributed by atoms with Crippen LogP contribution in [0.2, 0.25) is 0 Å². The maximum atomic E-state index is 12.5. The Morgan fingerprint density at radius 2 is 1.97 bits per heavy atom. The van der Waals surface area contributed by atoms with E-state index in [-0.39, 0.29) is 36.0 Å². The van der Waals surface area contributed by atoms with Crippen LogP contribution in [0.25, 0.3) is 0 Å². The molecule has 0 aromatic heterocycles. The van der Waals surface area contributed by atoms with Gasteiger partial charge in [-0.05, 0) is 63.7 Å². The van der Waals surface area contributed by atoms with Crippen molar-refractivity contribution in [3.05, 3.63) is 29.8 Å². The van der Waals surface area contributed by atoms with Crippen LogP contribution in [0.5, 0.6) is 0 Å². The fraction of sp³-hybridized carbons (Fsp3) is 0.571. The first-order chi connectivity index (χ1) is 13.5. The van der Waals surface area contributed by atoms with Crippen LogP contribution in [0.4, 0.5) is 5.69 Å². The summed E-state index contributed by atoms with van der Waals surface area (Å²) < 4.78 is 0. The molecule has 2 fully saturated rings. The average Bonchev–Trinajstić information content (AvgIpc) is 3.21. The Morgan fingerprint density at radius 3 is 2.69 bits per heavy atom. The normalized spacial score (nSPS) is 21.8. The molecule has 8 heteroatoms. The van der Waals surface area contributed by atoms with Gasteiger partial charge in [0.1, 0.15) is 0 Å². The molecule has 7 nitrogen and oxygen atoms in total. The highest BCUT2D eigenvalue weighted by molar-refractivity contribution is 6.04. The van der Waals surface area contributed by atoms with Crippen molar-refractivity contribution in [2.75, 3.05) is 38.0 Å². The van der Waals surface area contributed by atoms with Gasteiger partial charge in [-0.2, -0.15) is 0 Å². The number of rotatable bonds is 7. The van der Waals surface area contributed by atoms with E-state index in [9.17, 15) is 14.4 Å². The minimum atomic E-state index is -0.117. The van der Waals surface area contributed by atoms with Crippen molar-refractivity contribution in [1.82, 2.24) is 15.5 Å². The lowest BCUT2D eigenvalue weighted by atomic mass is 9.97. The minimum absolute atomic E-state index is 0. The van der Waals surface area contributed by atoms with Gasteiger partial charge in [-0.25, -0.2) is 0 Å². The van der Waals surface area contributed by atoms with Gasteiger partial charge in [0.05, 0.1) is 18.3 Å². The topological polar surface area (TPSA) is 90.5 Å². The molecule has 0 spiro atoms. The van der Waals surface area contributed by atoms with Gasteiger partial charge in [-0.15, -0.1) is 12.4 Å². The number of Topliss-reactive ketones (excluding diaryl/α,β-unsaturated/α-hetero) is 1. The van der Waals surface area contributed by atoms with Crippen molar-refractivity contribution in [2.45, 2.75) is 38.6 Å². The van der Waals surface area contributed by atoms with Crippen LogP contribution in [0.1, 0.15) is 43.0 Å². The molecule has 1 aromatic carbocycles. The maximum Gasteiger partial charge on any atom is 0.238 e. The zero-order valence-corrected chi connectivity index (χ0v) is 17.7. The summed E-state index contributed by atoms with van der Waals surface area (Å²) in [6.45, 7) is 5.02. The maximum absolute atomic E-state index is 12.5. The molecule has 2 aliphatic heterocycles. The van der Waals surface area contributed by atoms with Crippen LogP contribution in [-0.2, 0) is 9.59 Å². The van der Waals surface area contributed by atoms with Gasteiger partial charge in [-0.3, -0.25) is 19.3 Å². The molecule has 160 valence electrons. The Bertz CT molecular complexity index is 722. The van der Waals surface area contributed by atoms with E-state index >= 15 is 0 Å². The molecule has 0 saturated carbocycles. The lowest BCUT2D eigenvalue weighted by Gasteiger charge is -2.32. The summed E-state index contributed by atoms with van der Waals surface area (Å²) in [6.07, 6.45) is 4.03. The predicted octanol–water partition coefficient (Wildman–Crippen LogP) is 1.83. The Kier molecular flexibility index (Phi) is 9.07. The van der Waals surface area contributed by atoms with Crippen molar-refractivity contribution < 1.29 is 14.4 Å². The van der Waals surface area contributed by atoms with E-state index in [0.29, 0.717) is 30.3 Å². The van der Waals surface area contributed by atoms with Gasteiger partial charge in [0.2, 0.25) is 11.8 Å². The van der Waals surface area contributed by atoms with Crippen molar-refractivity contribution in [3.8, 4) is 0 Å². The van der Waals surface area contributed by atoms with Crippen LogP contribution in [0, 0.1) is 5.92 Å². The molecule has 1 aromatic rings. The summed E-state index contributed by atoms with van der Waals surface area (Å²) in [5, 5.41) is 9.14. The van der Waals surface area contributed by atoms with Gasteiger partial charge >= 0.3 is 0 Å². The van der Waals surface area contributed by atoms with Crippen LogP contribution >= 0.6 is 12.4 Å². The number of piperidine rings is 1. The molecule has 0 aliphatic carbocycles. The number of hydrogen-bond acceptors (Lipinski definition) is 5. The van der Waals surface area contributed by atoms with E-state index in [4.69, 9.17) is 0 Å². The number of para-hydroxylation sites is 1. The Morgan fingerprint density at radius 1 is 1.17 bits per heavy atom. The molecule has 2 unspecified atom stereocenters. The van der Waals surface area contributed by atoms with Crippen molar-refractivity contribution in [3.63, 3.8) is 0 Å². The summed E-state index contributed by atoms with van der Waals surface area (Å²) in [4.78, 5) is 38.4. The molecule has 3 rings (SSSR count). The van der Waals surface area contributed by atoms with E-state index in [0.717, 1.165) is 45.3 Å². The van der Waals surface area contributed by atoms with Gasteiger partial charge in [0, 0.05) is 18.7 Å². The molecule has 2 saturated heterocycles. The van der Waals surface area contributed by atoms with E-state index in [1.54, 1.807) is 24.3 Å². The lowest BCUT2D eigenvalue weighted by molar-refractivity contribution is -0.123. The molecule has 3 N–H and O–H groups in total. The molecule has 0 radical (unpaired) electrons. The third kappa shape index (κ3) is 6.80. The zero-order chi connectivity index (χ0) is 19.9. The SMILES string of the molecule is CC(=O)c1ccccc1NC(=O)CN1CCCC(CNC(=O)C2CCCN2)C1.Cl. The number of likely N-dealkylation sites (tertiary alicyclic amines) is 1. The van der Waals surface area contributed by atoms with Gasteiger partial charge in [0.25, 0.3) is 0 Å². The summed E-state index contributed by atoms with van der Waals surface area (Å²) >= 11 is 0. The third-order valence-corrected chi connectivity index (χ3v) is 5.49. The van der Waals surface area contributed by atoms with E-state index in [1.165, 1.54) is 6.92 Å². The molecular formula is C21H31ClN4O3. The predicted molar refractivity (Wildman–Crippen MR) is 116 cm³/mol. The number of anilines is 1. The number of nitrogens with zero attached hydrogens (tertiary/aromatic N) is 1. The number of carbonyl (C=O) groups is 3. The van der Waals surface area contributed by atoms with Crippen LogP contribution in [0.15, 0.2) is 24.3 Å². The number of amides is 2. The first-order valence-corrected chi connectivity index (χ1v) is 10.2. The second-order valence-corrected chi connectivity index (χ2v) is 7.79. The van der Waals surface area contributed by atoms with Gasteiger partial charge in [-0.1, -0.05) is 12.1 Å². The highest BCUT2D eigenvalue weighted by Crippen LogP contribution is 2.18. The summed E-state index contributed by atoms with van der Waals surface area (Å²) in [7, 11) is 0. The monoisotopic (exact) mass is 422 g/mol. The van der Waals surface area contributed by atoms with Crippen molar-refractivity contribution in [2.24, 2.45) is 5.92 Å². The summed E-state index contributed by atoms with van der Waals surface area (Å²) in [5.74, 6) is 0.264. The number of ketones is 1. The Balaban J connectivity index is 0.00000300. The number of halogens is 1. The summed E-state index contributed by atoms with van der Waals surface area (Å²) in [5.41, 5.74) is 1.08. The highest BCUT2D eigenvalue weighted by Gasteiger charge is 2.25. The van der Waals surface area contributed by atoms with Crippen LogP contribution in [0.3, 0.4) is 0 Å². The van der Waals surface area contributed by atoms with E-state index in [2.05, 4.69) is 20.9 Å². The first kappa shape index (κ1) is 23.3. The molecule has 2 amide bonds. The first-order valence-electron chi connectivity index (χ1n) is 10.2. The standard InChI is InChI=1S/C21H30N4O3.ClH/c1-15(26)17-7-2-3-8-18(17)24-20(27)14-25-11-5-6-16(13-25)12-23-21(28)19-9-4-10-22-19;/h2-3,7-8,16,19,22H,4-6,9-14H2,1H3,(H,23,28)(H,24,27);1H. The quantitative estimate of drug-likeness (QED) is 0.583. The largest absolute Gasteiger partial charge is 0.354 e. The second kappa shape index (κ2) is 11.3. The Labute approximate surface area is 178 Å². The molecule has 29 heavy (non-hydrogen) atoms. The zero-order valence-electron chi connectivity index (χ0n) is 16.9. The lowest BCUT2D eigenvalue weighted by Crippen LogP contribution is -2.46. The second-order valence-electron chi connectivity index (χ2n) is 7.79. The number of hydrogen-bond donors (Lipinski definition) is 3. The molecule has 0 bridgehead atoms. The molecule has 2 heterocycles. The van der Waals surface area contributed by atoms with E-state index in [1.807, 2.05) is 0 Å². The molecular weight excluding hydrogens is 392 g/mol. The average molecular weight is 423 g/mol. The highest BCUT2D eigenvalue weighted by atomic mass is 35.5. The van der Waals surface area contributed by atoms with Crippen molar-refractivity contribution >= 4 is 35.7 Å². The Hall–Kier alpha value is -1.96. The number of benzene rings is 1. The number of carbonyl (C=O) groups excluding carboxylic acids is 3. The van der Waals surface area contributed by atoms with Crippen LogP contribution < -0.4 is 16.0 Å². The minimum Gasteiger partial charge on any atom is -0.354 e. The molecule has 2 atom stereocenters. The van der Waals surface area contributed by atoms with Gasteiger partial charge in [0.15, 0.2) is 5.78 Å². The molecule has 2 aliphatic rings. The van der Waals surface area contributed by atoms with Gasteiger partial charge < -0.3 is 16.0 Å². The van der Waals surface area contributed by atoms with E-state index < -0.39 is 0 Å². The van der Waals surface area contributed by atoms with Crippen LogP contribution in [-0.4, -0.2) is 61.3 Å².